The summed E-state index contributed by atoms with van der Waals surface area (Å²) in [5.41, 5.74) is 7.35. The van der Waals surface area contributed by atoms with E-state index in [1.54, 1.807) is 0 Å². The highest BCUT2D eigenvalue weighted by atomic mass is 35.5. The number of rotatable bonds is 4. The van der Waals surface area contributed by atoms with E-state index in [9.17, 15) is 9.90 Å². The third kappa shape index (κ3) is 3.01. The SMILES string of the molecule is CCc1cc(C)cc(CC)c1C1=C(O)[C@@H]2[C@@H]3O[C@@H](C[C@H]3c3ccc(Cl)cc3C)[C@@H]2C1=O. The molecule has 5 atom stereocenters. The molecule has 162 valence electrons. The van der Waals surface area contributed by atoms with E-state index in [2.05, 4.69) is 45.9 Å². The van der Waals surface area contributed by atoms with Crippen molar-refractivity contribution in [3.63, 3.8) is 0 Å². The van der Waals surface area contributed by atoms with E-state index < -0.39 is 0 Å². The van der Waals surface area contributed by atoms with Gasteiger partial charge in [-0.3, -0.25) is 4.79 Å². The van der Waals surface area contributed by atoms with Crippen LogP contribution in [0.25, 0.3) is 5.57 Å². The summed E-state index contributed by atoms with van der Waals surface area (Å²) in [7, 11) is 0. The Balaban J connectivity index is 1.60. The number of carbonyl (C=O) groups excluding carboxylic acids is 1. The largest absolute Gasteiger partial charge is 0.511 e. The predicted octanol–water partition coefficient (Wildman–Crippen LogP) is 6.12. The van der Waals surface area contributed by atoms with E-state index in [1.807, 2.05) is 12.1 Å². The minimum Gasteiger partial charge on any atom is -0.511 e. The second kappa shape index (κ2) is 7.50. The number of aryl methyl sites for hydroxylation is 4. The van der Waals surface area contributed by atoms with Gasteiger partial charge in [-0.25, -0.2) is 0 Å². The predicted molar refractivity (Wildman–Crippen MR) is 124 cm³/mol. The van der Waals surface area contributed by atoms with Crippen LogP contribution in [0.3, 0.4) is 0 Å². The number of allylic oxidation sites excluding steroid dienone is 1. The first-order valence-electron chi connectivity index (χ1n) is 11.4. The average Bonchev–Trinajstić information content (AvgIpc) is 3.39. The highest BCUT2D eigenvalue weighted by Gasteiger charge is 2.62. The fourth-order valence-electron chi connectivity index (χ4n) is 6.29. The number of hydrogen-bond acceptors (Lipinski definition) is 3. The van der Waals surface area contributed by atoms with Crippen molar-refractivity contribution in [1.29, 1.82) is 0 Å². The number of ether oxygens (including phenoxy) is 1. The van der Waals surface area contributed by atoms with Crippen molar-refractivity contribution < 1.29 is 14.6 Å². The van der Waals surface area contributed by atoms with Crippen molar-refractivity contribution >= 4 is 23.0 Å². The smallest absolute Gasteiger partial charge is 0.173 e. The van der Waals surface area contributed by atoms with Gasteiger partial charge in [0, 0.05) is 10.9 Å². The van der Waals surface area contributed by atoms with E-state index in [1.165, 1.54) is 11.1 Å². The Bertz CT molecular complexity index is 1090. The lowest BCUT2D eigenvalue weighted by atomic mass is 9.72. The molecule has 0 unspecified atom stereocenters. The van der Waals surface area contributed by atoms with Gasteiger partial charge in [0.1, 0.15) is 5.76 Å². The molecular formula is C27H29ClO3. The fraction of sp³-hybridized carbons (Fsp3) is 0.444. The molecule has 0 aromatic heterocycles. The van der Waals surface area contributed by atoms with E-state index >= 15 is 0 Å². The Morgan fingerprint density at radius 2 is 1.74 bits per heavy atom. The number of benzene rings is 2. The molecule has 0 spiro atoms. The summed E-state index contributed by atoms with van der Waals surface area (Å²) in [4.78, 5) is 13.6. The van der Waals surface area contributed by atoms with Crippen LogP contribution in [0.4, 0.5) is 0 Å². The standard InChI is InChI=1S/C27H29ClO3/c1-5-15-9-13(3)10-16(6-2)21(15)23-25(29)22-20-12-19(27(31-20)24(22)26(23)30)18-8-7-17(28)11-14(18)4/h7-11,19-20,22,24,27,30H,5-6,12H2,1-4H3/t19-,20-,22-,24+,27+/m0/s1. The summed E-state index contributed by atoms with van der Waals surface area (Å²) >= 11 is 6.17. The number of halogens is 1. The minimum atomic E-state index is -0.264. The van der Waals surface area contributed by atoms with Crippen LogP contribution in [-0.2, 0) is 22.4 Å². The van der Waals surface area contributed by atoms with Gasteiger partial charge in [0.25, 0.3) is 0 Å². The van der Waals surface area contributed by atoms with Crippen molar-refractivity contribution in [3.05, 3.63) is 74.5 Å². The van der Waals surface area contributed by atoms with Crippen LogP contribution in [0.1, 0.15) is 59.6 Å². The topological polar surface area (TPSA) is 46.5 Å². The van der Waals surface area contributed by atoms with Crippen LogP contribution in [0.2, 0.25) is 5.02 Å². The second-order valence-corrected chi connectivity index (χ2v) is 9.76. The van der Waals surface area contributed by atoms with Crippen molar-refractivity contribution in [2.75, 3.05) is 0 Å². The maximum Gasteiger partial charge on any atom is 0.173 e. The number of carbonyl (C=O) groups is 1. The monoisotopic (exact) mass is 436 g/mol. The summed E-state index contributed by atoms with van der Waals surface area (Å²) in [5.74, 6) is -0.0367. The summed E-state index contributed by atoms with van der Waals surface area (Å²) in [6, 6.07) is 10.3. The maximum absolute atomic E-state index is 13.6. The van der Waals surface area contributed by atoms with Gasteiger partial charge in [0.2, 0.25) is 0 Å². The zero-order chi connectivity index (χ0) is 22.0. The molecule has 2 bridgehead atoms. The van der Waals surface area contributed by atoms with Gasteiger partial charge in [-0.15, -0.1) is 0 Å². The lowest BCUT2D eigenvalue weighted by Crippen LogP contribution is -2.33. The van der Waals surface area contributed by atoms with Crippen LogP contribution in [0.5, 0.6) is 0 Å². The number of Topliss-reactive ketones (excluding diaryl/α,β-unsaturated/α-hetero) is 1. The molecule has 2 aromatic rings. The number of ketones is 1. The van der Waals surface area contributed by atoms with Gasteiger partial charge >= 0.3 is 0 Å². The van der Waals surface area contributed by atoms with E-state index in [-0.39, 0.29) is 41.5 Å². The van der Waals surface area contributed by atoms with Gasteiger partial charge in [-0.2, -0.15) is 0 Å². The van der Waals surface area contributed by atoms with Crippen LogP contribution in [0, 0.1) is 25.7 Å². The number of hydrogen-bond donors (Lipinski definition) is 1. The molecule has 0 saturated carbocycles. The molecule has 3 aliphatic rings. The first-order chi connectivity index (χ1) is 14.8. The van der Waals surface area contributed by atoms with Gasteiger partial charge in [0.15, 0.2) is 5.78 Å². The first kappa shape index (κ1) is 20.8. The normalized spacial score (nSPS) is 29.2. The molecule has 2 aromatic carbocycles. The van der Waals surface area contributed by atoms with Crippen molar-refractivity contribution in [2.24, 2.45) is 11.8 Å². The van der Waals surface area contributed by atoms with Gasteiger partial charge in [0.05, 0.1) is 29.6 Å². The Kier molecular flexibility index (Phi) is 5.02. The molecule has 31 heavy (non-hydrogen) atoms. The zero-order valence-electron chi connectivity index (χ0n) is 18.5. The molecule has 1 N–H and O–H groups in total. The highest BCUT2D eigenvalue weighted by molar-refractivity contribution is 6.30. The number of aliphatic hydroxyl groups is 1. The molecule has 1 aliphatic carbocycles. The lowest BCUT2D eigenvalue weighted by Gasteiger charge is -2.28. The Morgan fingerprint density at radius 1 is 1.06 bits per heavy atom. The lowest BCUT2D eigenvalue weighted by molar-refractivity contribution is -0.118. The van der Waals surface area contributed by atoms with Crippen molar-refractivity contribution in [3.8, 4) is 0 Å². The van der Waals surface area contributed by atoms with E-state index in [0.29, 0.717) is 5.57 Å². The Labute approximate surface area is 189 Å². The first-order valence-corrected chi connectivity index (χ1v) is 11.7. The number of aliphatic hydroxyl groups excluding tert-OH is 1. The Hall–Kier alpha value is -2.10. The molecule has 2 fully saturated rings. The highest BCUT2D eigenvalue weighted by Crippen LogP contribution is 2.58. The van der Waals surface area contributed by atoms with Crippen LogP contribution in [-0.4, -0.2) is 23.1 Å². The molecule has 3 nitrogen and oxygen atoms in total. The summed E-state index contributed by atoms with van der Waals surface area (Å²) in [5, 5.41) is 12.2. The third-order valence-electron chi connectivity index (χ3n) is 7.57. The molecule has 0 radical (unpaired) electrons. The summed E-state index contributed by atoms with van der Waals surface area (Å²) in [6.07, 6.45) is 2.17. The molecule has 2 aliphatic heterocycles. The number of fused-ring (bicyclic) bond motifs is 5. The summed E-state index contributed by atoms with van der Waals surface area (Å²) in [6.45, 7) is 8.39. The van der Waals surface area contributed by atoms with Crippen LogP contribution < -0.4 is 0 Å². The fourth-order valence-corrected chi connectivity index (χ4v) is 6.51. The molecule has 4 heteroatoms. The minimum absolute atomic E-state index is 0.0644. The van der Waals surface area contributed by atoms with Crippen LogP contribution in [0.15, 0.2) is 36.1 Å². The maximum atomic E-state index is 13.6. The molecule has 2 heterocycles. The summed E-state index contributed by atoms with van der Waals surface area (Å²) < 4.78 is 6.30. The quantitative estimate of drug-likeness (QED) is 0.627. The molecule has 2 saturated heterocycles. The molecular weight excluding hydrogens is 408 g/mol. The Morgan fingerprint density at radius 3 is 2.35 bits per heavy atom. The third-order valence-corrected chi connectivity index (χ3v) is 7.80. The van der Waals surface area contributed by atoms with Crippen LogP contribution >= 0.6 is 11.6 Å². The molecule has 5 rings (SSSR count). The van der Waals surface area contributed by atoms with Gasteiger partial charge in [-0.1, -0.05) is 49.2 Å². The van der Waals surface area contributed by atoms with Crippen molar-refractivity contribution in [2.45, 2.75) is 65.1 Å². The second-order valence-electron chi connectivity index (χ2n) is 9.32. The van der Waals surface area contributed by atoms with Gasteiger partial charge < -0.3 is 9.84 Å². The van der Waals surface area contributed by atoms with E-state index in [4.69, 9.17) is 16.3 Å². The average molecular weight is 437 g/mol. The zero-order valence-corrected chi connectivity index (χ0v) is 19.3. The van der Waals surface area contributed by atoms with Gasteiger partial charge in [-0.05, 0) is 73.1 Å². The van der Waals surface area contributed by atoms with E-state index in [0.717, 1.165) is 46.5 Å². The van der Waals surface area contributed by atoms with Crippen molar-refractivity contribution in [1.82, 2.24) is 0 Å². The molecule has 0 amide bonds.